The summed E-state index contributed by atoms with van der Waals surface area (Å²) < 4.78 is 5.77. The van der Waals surface area contributed by atoms with Gasteiger partial charge in [0.05, 0.1) is 24.3 Å². The molecule has 2 aliphatic rings. The van der Waals surface area contributed by atoms with Crippen LogP contribution in [0.3, 0.4) is 0 Å². The SMILES string of the molecule is O=C(O)c1cccc(N2CCOC3CCCC32)c1. The van der Waals surface area contributed by atoms with Crippen molar-refractivity contribution in [3.05, 3.63) is 29.8 Å². The minimum atomic E-state index is -0.868. The van der Waals surface area contributed by atoms with E-state index in [0.29, 0.717) is 17.7 Å². The number of nitrogens with zero attached hydrogens (tertiary/aromatic N) is 1. The second kappa shape index (κ2) is 4.61. The van der Waals surface area contributed by atoms with E-state index in [4.69, 9.17) is 9.84 Å². The summed E-state index contributed by atoms with van der Waals surface area (Å²) in [5.41, 5.74) is 1.36. The van der Waals surface area contributed by atoms with Crippen molar-refractivity contribution in [1.29, 1.82) is 0 Å². The molecule has 0 radical (unpaired) electrons. The Hall–Kier alpha value is -1.55. The summed E-state index contributed by atoms with van der Waals surface area (Å²) in [4.78, 5) is 13.3. The molecule has 96 valence electrons. The van der Waals surface area contributed by atoms with Crippen LogP contribution in [-0.2, 0) is 4.74 Å². The van der Waals surface area contributed by atoms with Gasteiger partial charge < -0.3 is 14.7 Å². The molecule has 2 fully saturated rings. The molecule has 0 bridgehead atoms. The van der Waals surface area contributed by atoms with Crippen LogP contribution in [0.1, 0.15) is 29.6 Å². The maximum atomic E-state index is 11.0. The maximum Gasteiger partial charge on any atom is 0.335 e. The van der Waals surface area contributed by atoms with Gasteiger partial charge in [-0.15, -0.1) is 0 Å². The first kappa shape index (κ1) is 11.5. The number of carboxylic acids is 1. The zero-order chi connectivity index (χ0) is 12.5. The topological polar surface area (TPSA) is 49.8 Å². The van der Waals surface area contributed by atoms with E-state index in [1.807, 2.05) is 12.1 Å². The van der Waals surface area contributed by atoms with E-state index < -0.39 is 5.97 Å². The van der Waals surface area contributed by atoms with E-state index in [1.54, 1.807) is 12.1 Å². The predicted molar refractivity (Wildman–Crippen MR) is 68.1 cm³/mol. The van der Waals surface area contributed by atoms with Crippen molar-refractivity contribution >= 4 is 11.7 Å². The molecule has 18 heavy (non-hydrogen) atoms. The molecule has 1 heterocycles. The standard InChI is InChI=1S/C14H17NO3/c16-14(17)10-3-1-4-11(9-10)15-7-8-18-13-6-2-5-12(13)15/h1,3-4,9,12-13H,2,5-8H2,(H,16,17). The van der Waals surface area contributed by atoms with E-state index >= 15 is 0 Å². The lowest BCUT2D eigenvalue weighted by Gasteiger charge is -2.39. The van der Waals surface area contributed by atoms with E-state index in [-0.39, 0.29) is 0 Å². The van der Waals surface area contributed by atoms with Gasteiger partial charge in [-0.25, -0.2) is 4.79 Å². The number of carbonyl (C=O) groups is 1. The molecule has 0 aromatic heterocycles. The van der Waals surface area contributed by atoms with Crippen LogP contribution < -0.4 is 4.90 Å². The highest BCUT2D eigenvalue weighted by molar-refractivity contribution is 5.88. The van der Waals surface area contributed by atoms with Gasteiger partial charge in [0.1, 0.15) is 0 Å². The molecule has 1 aromatic carbocycles. The van der Waals surface area contributed by atoms with Crippen LogP contribution in [-0.4, -0.2) is 36.4 Å². The first-order chi connectivity index (χ1) is 8.75. The normalized spacial score (nSPS) is 27.0. The average Bonchev–Trinajstić information content (AvgIpc) is 2.87. The second-order valence-electron chi connectivity index (χ2n) is 4.96. The molecule has 4 nitrogen and oxygen atoms in total. The number of aromatic carboxylic acids is 1. The summed E-state index contributed by atoms with van der Waals surface area (Å²) in [6.45, 7) is 1.59. The summed E-state index contributed by atoms with van der Waals surface area (Å²) in [6, 6.07) is 7.63. The van der Waals surface area contributed by atoms with Crippen LogP contribution in [0.5, 0.6) is 0 Å². The quantitative estimate of drug-likeness (QED) is 0.870. The number of hydrogen-bond acceptors (Lipinski definition) is 3. The van der Waals surface area contributed by atoms with Crippen LogP contribution >= 0.6 is 0 Å². The van der Waals surface area contributed by atoms with E-state index in [1.165, 1.54) is 6.42 Å². The highest BCUT2D eigenvalue weighted by Crippen LogP contribution is 2.33. The molecule has 1 N–H and O–H groups in total. The molecule has 1 aliphatic heterocycles. The van der Waals surface area contributed by atoms with Gasteiger partial charge in [0, 0.05) is 12.2 Å². The van der Waals surface area contributed by atoms with Crippen molar-refractivity contribution in [2.45, 2.75) is 31.4 Å². The maximum absolute atomic E-state index is 11.0. The molecule has 0 spiro atoms. The fourth-order valence-corrected chi connectivity index (χ4v) is 3.06. The first-order valence-electron chi connectivity index (χ1n) is 6.47. The van der Waals surface area contributed by atoms with Crippen molar-refractivity contribution in [2.24, 2.45) is 0 Å². The lowest BCUT2D eigenvalue weighted by molar-refractivity contribution is 0.0256. The molecule has 2 atom stereocenters. The minimum absolute atomic E-state index is 0.326. The van der Waals surface area contributed by atoms with Crippen molar-refractivity contribution in [3.8, 4) is 0 Å². The van der Waals surface area contributed by atoms with Gasteiger partial charge in [-0.2, -0.15) is 0 Å². The Kier molecular flexibility index (Phi) is 2.96. The molecule has 1 saturated heterocycles. The first-order valence-corrected chi connectivity index (χ1v) is 6.47. The van der Waals surface area contributed by atoms with E-state index in [0.717, 1.165) is 31.7 Å². The Bertz CT molecular complexity index is 460. The summed E-state index contributed by atoms with van der Waals surface area (Å²) in [5, 5.41) is 9.05. The monoisotopic (exact) mass is 247 g/mol. The van der Waals surface area contributed by atoms with Gasteiger partial charge in [0.25, 0.3) is 0 Å². The third-order valence-corrected chi connectivity index (χ3v) is 3.91. The lowest BCUT2D eigenvalue weighted by Crippen LogP contribution is -2.48. The predicted octanol–water partition coefficient (Wildman–Crippen LogP) is 2.14. The number of fused-ring (bicyclic) bond motifs is 1. The van der Waals surface area contributed by atoms with Crippen LogP contribution in [0.2, 0.25) is 0 Å². The fourth-order valence-electron chi connectivity index (χ4n) is 3.06. The third-order valence-electron chi connectivity index (χ3n) is 3.91. The van der Waals surface area contributed by atoms with Gasteiger partial charge >= 0.3 is 5.97 Å². The Balaban J connectivity index is 1.89. The van der Waals surface area contributed by atoms with Gasteiger partial charge in [-0.1, -0.05) is 6.07 Å². The zero-order valence-corrected chi connectivity index (χ0v) is 10.2. The number of benzene rings is 1. The highest BCUT2D eigenvalue weighted by Gasteiger charge is 2.36. The van der Waals surface area contributed by atoms with Crippen molar-refractivity contribution < 1.29 is 14.6 Å². The van der Waals surface area contributed by atoms with Gasteiger partial charge in [0.15, 0.2) is 0 Å². The van der Waals surface area contributed by atoms with Gasteiger partial charge in [0.2, 0.25) is 0 Å². The molecule has 1 aliphatic carbocycles. The molecular formula is C14H17NO3. The smallest absolute Gasteiger partial charge is 0.335 e. The third kappa shape index (κ3) is 1.97. The van der Waals surface area contributed by atoms with Crippen LogP contribution in [0, 0.1) is 0 Å². The van der Waals surface area contributed by atoms with Gasteiger partial charge in [-0.3, -0.25) is 0 Å². The van der Waals surface area contributed by atoms with E-state index in [9.17, 15) is 4.79 Å². The summed E-state index contributed by atoms with van der Waals surface area (Å²) in [6.07, 6.45) is 3.79. The number of ether oxygens (including phenoxy) is 1. The van der Waals surface area contributed by atoms with Crippen molar-refractivity contribution in [3.63, 3.8) is 0 Å². The molecule has 1 aromatic rings. The summed E-state index contributed by atoms with van der Waals surface area (Å²) in [5.74, 6) is -0.868. The zero-order valence-electron chi connectivity index (χ0n) is 10.2. The van der Waals surface area contributed by atoms with Gasteiger partial charge in [-0.05, 0) is 37.5 Å². The lowest BCUT2D eigenvalue weighted by atomic mass is 10.1. The molecule has 0 amide bonds. The number of hydrogen-bond donors (Lipinski definition) is 1. The van der Waals surface area contributed by atoms with Crippen molar-refractivity contribution in [1.82, 2.24) is 0 Å². The minimum Gasteiger partial charge on any atom is -0.478 e. The molecular weight excluding hydrogens is 230 g/mol. The Morgan fingerprint density at radius 2 is 2.28 bits per heavy atom. The number of carboxylic acid groups (broad SMARTS) is 1. The molecule has 2 unspecified atom stereocenters. The van der Waals surface area contributed by atoms with Crippen LogP contribution in [0.15, 0.2) is 24.3 Å². The molecule has 4 heteroatoms. The Labute approximate surface area is 106 Å². The molecule has 3 rings (SSSR count). The number of anilines is 1. The largest absolute Gasteiger partial charge is 0.478 e. The summed E-state index contributed by atoms with van der Waals surface area (Å²) >= 11 is 0. The van der Waals surface area contributed by atoms with Crippen LogP contribution in [0.25, 0.3) is 0 Å². The highest BCUT2D eigenvalue weighted by atomic mass is 16.5. The Morgan fingerprint density at radius 3 is 3.11 bits per heavy atom. The van der Waals surface area contributed by atoms with E-state index in [2.05, 4.69) is 4.90 Å². The second-order valence-corrected chi connectivity index (χ2v) is 4.96. The fraction of sp³-hybridized carbons (Fsp3) is 0.500. The number of rotatable bonds is 2. The summed E-state index contributed by atoms with van der Waals surface area (Å²) in [7, 11) is 0. The molecule has 1 saturated carbocycles. The number of morpholine rings is 1. The Morgan fingerprint density at radius 1 is 1.39 bits per heavy atom. The van der Waals surface area contributed by atoms with Crippen LogP contribution in [0.4, 0.5) is 5.69 Å². The van der Waals surface area contributed by atoms with Crippen molar-refractivity contribution in [2.75, 3.05) is 18.1 Å². The average molecular weight is 247 g/mol.